The number of hydrogen-bond acceptors (Lipinski definition) is 4. The molecule has 1 aromatic carbocycles. The van der Waals surface area contributed by atoms with E-state index in [0.29, 0.717) is 0 Å². The van der Waals surface area contributed by atoms with Crippen LogP contribution >= 0.6 is 0 Å². The zero-order valence-electron chi connectivity index (χ0n) is 13.1. The molecular weight excluding hydrogens is 264 g/mol. The molecule has 2 aromatic rings. The first kappa shape index (κ1) is 15.5. The topological polar surface area (TPSA) is 65.1 Å². The van der Waals surface area contributed by atoms with E-state index >= 15 is 0 Å². The van der Waals surface area contributed by atoms with Gasteiger partial charge in [0, 0.05) is 6.04 Å². The Hall–Kier alpha value is -1.85. The lowest BCUT2D eigenvalue weighted by atomic mass is 10.0. The number of aromatic nitrogens is 2. The molecule has 0 saturated heterocycles. The molecule has 1 atom stereocenters. The summed E-state index contributed by atoms with van der Waals surface area (Å²) in [5, 5.41) is 4.41. The van der Waals surface area contributed by atoms with E-state index in [1.54, 1.807) is 13.3 Å². The largest absolute Gasteiger partial charge is 0.493 e. The van der Waals surface area contributed by atoms with Crippen molar-refractivity contribution < 1.29 is 4.74 Å². The van der Waals surface area contributed by atoms with Crippen molar-refractivity contribution in [1.29, 1.82) is 0 Å². The van der Waals surface area contributed by atoms with Crippen molar-refractivity contribution in [3.05, 3.63) is 47.3 Å². The first-order chi connectivity index (χ1) is 10.1. The van der Waals surface area contributed by atoms with Gasteiger partial charge in [-0.1, -0.05) is 31.2 Å². The van der Waals surface area contributed by atoms with Crippen molar-refractivity contribution in [2.75, 3.05) is 7.11 Å². The van der Waals surface area contributed by atoms with Gasteiger partial charge in [0.25, 0.3) is 0 Å². The molecule has 5 nitrogen and oxygen atoms in total. The molecule has 5 heteroatoms. The molecule has 0 bridgehead atoms. The zero-order valence-corrected chi connectivity index (χ0v) is 13.1. The standard InChI is InChI=1S/C16H24N4O/c1-5-12-6-8-13(9-7-12)15(19-17)16-14(21-4)10-18-20(16)11(2)3/h6-11,15,19H,5,17H2,1-4H3. The molecule has 3 N–H and O–H groups in total. The van der Waals surface area contributed by atoms with Crippen LogP contribution in [0, 0.1) is 0 Å². The number of ether oxygens (including phenoxy) is 1. The van der Waals surface area contributed by atoms with E-state index in [4.69, 9.17) is 10.6 Å². The minimum Gasteiger partial charge on any atom is -0.493 e. The highest BCUT2D eigenvalue weighted by atomic mass is 16.5. The Labute approximate surface area is 126 Å². The van der Waals surface area contributed by atoms with Gasteiger partial charge in [0.1, 0.15) is 5.69 Å². The quantitative estimate of drug-likeness (QED) is 0.633. The van der Waals surface area contributed by atoms with Gasteiger partial charge in [-0.2, -0.15) is 5.10 Å². The van der Waals surface area contributed by atoms with Crippen molar-refractivity contribution in [2.45, 2.75) is 39.3 Å². The van der Waals surface area contributed by atoms with Crippen LogP contribution in [0.15, 0.2) is 30.5 Å². The maximum atomic E-state index is 5.81. The first-order valence-electron chi connectivity index (χ1n) is 7.28. The van der Waals surface area contributed by atoms with Crippen molar-refractivity contribution >= 4 is 0 Å². The van der Waals surface area contributed by atoms with E-state index in [0.717, 1.165) is 23.4 Å². The summed E-state index contributed by atoms with van der Waals surface area (Å²) in [6.45, 7) is 6.32. The van der Waals surface area contributed by atoms with E-state index in [9.17, 15) is 0 Å². The summed E-state index contributed by atoms with van der Waals surface area (Å²) in [7, 11) is 1.65. The highest BCUT2D eigenvalue weighted by Crippen LogP contribution is 2.31. The monoisotopic (exact) mass is 288 g/mol. The summed E-state index contributed by atoms with van der Waals surface area (Å²) in [5.41, 5.74) is 6.23. The predicted molar refractivity (Wildman–Crippen MR) is 84.2 cm³/mol. The lowest BCUT2D eigenvalue weighted by Gasteiger charge is -2.21. The summed E-state index contributed by atoms with van der Waals surface area (Å²) in [4.78, 5) is 0. The van der Waals surface area contributed by atoms with Gasteiger partial charge in [-0.25, -0.2) is 5.43 Å². The van der Waals surface area contributed by atoms with Gasteiger partial charge in [-0.05, 0) is 31.4 Å². The second kappa shape index (κ2) is 6.74. The third kappa shape index (κ3) is 3.09. The maximum Gasteiger partial charge on any atom is 0.161 e. The summed E-state index contributed by atoms with van der Waals surface area (Å²) in [5.74, 6) is 6.55. The van der Waals surface area contributed by atoms with Crippen LogP contribution < -0.4 is 16.0 Å². The Kier molecular flexibility index (Phi) is 4.98. The number of benzene rings is 1. The fraction of sp³-hybridized carbons (Fsp3) is 0.438. The maximum absolute atomic E-state index is 5.81. The third-order valence-electron chi connectivity index (χ3n) is 3.67. The van der Waals surface area contributed by atoms with E-state index in [1.807, 2.05) is 4.68 Å². The Bertz CT molecular complexity index is 574. The van der Waals surface area contributed by atoms with Crippen LogP contribution in [-0.4, -0.2) is 16.9 Å². The van der Waals surface area contributed by atoms with Gasteiger partial charge in [-0.15, -0.1) is 0 Å². The molecule has 114 valence electrons. The highest BCUT2D eigenvalue weighted by Gasteiger charge is 2.23. The Morgan fingerprint density at radius 3 is 2.43 bits per heavy atom. The lowest BCUT2D eigenvalue weighted by molar-refractivity contribution is 0.394. The molecule has 0 spiro atoms. The molecule has 0 amide bonds. The first-order valence-corrected chi connectivity index (χ1v) is 7.28. The van der Waals surface area contributed by atoms with Crippen molar-refractivity contribution in [3.8, 4) is 5.75 Å². The number of methoxy groups -OCH3 is 1. The van der Waals surface area contributed by atoms with Crippen LogP contribution in [-0.2, 0) is 6.42 Å². The second-order valence-corrected chi connectivity index (χ2v) is 5.33. The SMILES string of the molecule is CCc1ccc(C(NN)c2c(OC)cnn2C(C)C)cc1. The van der Waals surface area contributed by atoms with Crippen LogP contribution in [0.1, 0.15) is 49.7 Å². The summed E-state index contributed by atoms with van der Waals surface area (Å²) < 4.78 is 7.39. The van der Waals surface area contributed by atoms with Gasteiger partial charge >= 0.3 is 0 Å². The molecule has 0 saturated carbocycles. The average molecular weight is 288 g/mol. The Balaban J connectivity index is 2.47. The van der Waals surface area contributed by atoms with E-state index in [-0.39, 0.29) is 12.1 Å². The van der Waals surface area contributed by atoms with Crippen molar-refractivity contribution in [1.82, 2.24) is 15.2 Å². The van der Waals surface area contributed by atoms with Crippen LogP contribution in [0.25, 0.3) is 0 Å². The summed E-state index contributed by atoms with van der Waals surface area (Å²) in [6, 6.07) is 8.52. The smallest absolute Gasteiger partial charge is 0.161 e. The molecule has 0 fully saturated rings. The number of nitrogens with one attached hydrogen (secondary N) is 1. The third-order valence-corrected chi connectivity index (χ3v) is 3.67. The van der Waals surface area contributed by atoms with E-state index in [1.165, 1.54) is 5.56 Å². The Morgan fingerprint density at radius 1 is 1.29 bits per heavy atom. The van der Waals surface area contributed by atoms with Gasteiger partial charge in [0.2, 0.25) is 0 Å². The number of hydrogen-bond donors (Lipinski definition) is 2. The molecule has 1 aromatic heterocycles. The van der Waals surface area contributed by atoms with Crippen molar-refractivity contribution in [3.63, 3.8) is 0 Å². The van der Waals surface area contributed by atoms with E-state index in [2.05, 4.69) is 55.6 Å². The van der Waals surface area contributed by atoms with Crippen molar-refractivity contribution in [2.24, 2.45) is 5.84 Å². The minimum atomic E-state index is -0.157. The van der Waals surface area contributed by atoms with E-state index < -0.39 is 0 Å². The molecule has 21 heavy (non-hydrogen) atoms. The number of rotatable bonds is 6. The number of hydrazine groups is 1. The van der Waals surface area contributed by atoms with Crippen LogP contribution in [0.5, 0.6) is 5.75 Å². The Morgan fingerprint density at radius 2 is 1.95 bits per heavy atom. The van der Waals surface area contributed by atoms with Gasteiger partial charge in [0.05, 0.1) is 19.3 Å². The normalized spacial score (nSPS) is 12.7. The lowest BCUT2D eigenvalue weighted by Crippen LogP contribution is -2.31. The summed E-state index contributed by atoms with van der Waals surface area (Å²) in [6.07, 6.45) is 2.76. The van der Waals surface area contributed by atoms with Crippen LogP contribution in [0.3, 0.4) is 0 Å². The number of nitrogens with two attached hydrogens (primary N) is 1. The van der Waals surface area contributed by atoms with Gasteiger partial charge in [-0.3, -0.25) is 10.5 Å². The second-order valence-electron chi connectivity index (χ2n) is 5.33. The fourth-order valence-electron chi connectivity index (χ4n) is 2.48. The van der Waals surface area contributed by atoms with Crippen LogP contribution in [0.2, 0.25) is 0 Å². The predicted octanol–water partition coefficient (Wildman–Crippen LogP) is 2.59. The molecule has 0 aliphatic heterocycles. The highest BCUT2D eigenvalue weighted by molar-refractivity contribution is 5.37. The number of nitrogens with zero attached hydrogens (tertiary/aromatic N) is 2. The zero-order chi connectivity index (χ0) is 15.4. The molecule has 0 aliphatic rings. The summed E-state index contributed by atoms with van der Waals surface area (Å²) >= 11 is 0. The van der Waals surface area contributed by atoms with Gasteiger partial charge < -0.3 is 4.74 Å². The number of aryl methyl sites for hydroxylation is 1. The molecular formula is C16H24N4O. The minimum absolute atomic E-state index is 0.157. The molecule has 2 rings (SSSR count). The fourth-order valence-corrected chi connectivity index (χ4v) is 2.48. The van der Waals surface area contributed by atoms with Gasteiger partial charge in [0.15, 0.2) is 5.75 Å². The average Bonchev–Trinajstić information content (AvgIpc) is 2.93. The molecule has 1 unspecified atom stereocenters. The molecule has 1 heterocycles. The molecule has 0 aliphatic carbocycles. The van der Waals surface area contributed by atoms with Crippen LogP contribution in [0.4, 0.5) is 0 Å². The molecule has 0 radical (unpaired) electrons.